The van der Waals surface area contributed by atoms with Crippen molar-refractivity contribution in [3.63, 3.8) is 0 Å². The second-order valence-corrected chi connectivity index (χ2v) is 5.88. The summed E-state index contributed by atoms with van der Waals surface area (Å²) in [6.07, 6.45) is -0.160. The van der Waals surface area contributed by atoms with Crippen LogP contribution in [0.1, 0.15) is 13.3 Å². The molecule has 0 aromatic heterocycles. The number of rotatable bonds is 4. The highest BCUT2D eigenvalue weighted by Gasteiger charge is 2.35. The van der Waals surface area contributed by atoms with E-state index in [9.17, 15) is 18.8 Å². The Bertz CT molecular complexity index is 694. The average molecular weight is 335 g/mol. The molecule has 2 aliphatic heterocycles. The number of hydrogen-bond donors (Lipinski definition) is 1. The number of anilines is 2. The zero-order valence-electron chi connectivity index (χ0n) is 13.3. The molecule has 0 aliphatic carbocycles. The smallest absolute Gasteiger partial charge is 0.414 e. The van der Waals surface area contributed by atoms with E-state index in [1.807, 2.05) is 0 Å². The number of ketones is 1. The monoisotopic (exact) mass is 335 g/mol. The van der Waals surface area contributed by atoms with Gasteiger partial charge in [-0.2, -0.15) is 0 Å². The number of Topliss-reactive ketones (excluding diaryl/α,β-unsaturated/α-hetero) is 1. The van der Waals surface area contributed by atoms with Crippen LogP contribution in [-0.4, -0.2) is 50.1 Å². The molecule has 0 saturated carbocycles. The minimum Gasteiger partial charge on any atom is -0.447 e. The molecule has 1 N–H and O–H groups in total. The van der Waals surface area contributed by atoms with Gasteiger partial charge in [-0.25, -0.2) is 9.18 Å². The lowest BCUT2D eigenvalue weighted by atomic mass is 10.2. The number of carbonyl (C=O) groups excluding carboxylic acids is 3. The Morgan fingerprint density at radius 2 is 2.21 bits per heavy atom. The normalized spacial score (nSPS) is 20.5. The lowest BCUT2D eigenvalue weighted by molar-refractivity contribution is -0.119. The lowest BCUT2D eigenvalue weighted by Gasteiger charge is -2.23. The largest absolute Gasteiger partial charge is 0.447 e. The zero-order chi connectivity index (χ0) is 17.3. The van der Waals surface area contributed by atoms with Crippen LogP contribution in [0.5, 0.6) is 0 Å². The van der Waals surface area contributed by atoms with Gasteiger partial charge in [0.2, 0.25) is 5.91 Å². The van der Waals surface area contributed by atoms with Crippen molar-refractivity contribution in [2.45, 2.75) is 19.4 Å². The first kappa shape index (κ1) is 16.2. The fourth-order valence-electron chi connectivity index (χ4n) is 2.93. The number of nitrogens with zero attached hydrogens (tertiary/aromatic N) is 2. The average Bonchev–Trinajstić information content (AvgIpc) is 3.11. The van der Waals surface area contributed by atoms with Crippen LogP contribution in [0.25, 0.3) is 0 Å². The highest BCUT2D eigenvalue weighted by atomic mass is 19.1. The van der Waals surface area contributed by atoms with Crippen LogP contribution < -0.4 is 15.1 Å². The molecule has 2 heterocycles. The van der Waals surface area contributed by atoms with Crippen molar-refractivity contribution in [1.29, 1.82) is 0 Å². The Labute approximate surface area is 138 Å². The number of ether oxygens (including phenoxy) is 1. The summed E-state index contributed by atoms with van der Waals surface area (Å²) < 4.78 is 19.5. The molecule has 2 saturated heterocycles. The van der Waals surface area contributed by atoms with Crippen molar-refractivity contribution in [1.82, 2.24) is 5.32 Å². The molecule has 0 radical (unpaired) electrons. The van der Waals surface area contributed by atoms with Gasteiger partial charge in [0, 0.05) is 26.4 Å². The second kappa shape index (κ2) is 6.46. The van der Waals surface area contributed by atoms with Crippen LogP contribution in [0.4, 0.5) is 20.6 Å². The molecule has 2 aliphatic rings. The van der Waals surface area contributed by atoms with Crippen molar-refractivity contribution in [3.8, 4) is 0 Å². The summed E-state index contributed by atoms with van der Waals surface area (Å²) in [4.78, 5) is 37.4. The van der Waals surface area contributed by atoms with E-state index in [2.05, 4.69) is 5.32 Å². The molecule has 1 aromatic carbocycles. The standard InChI is InChI=1S/C16H18FN3O4/c1-10(21)18-7-12-9-24-16(23)20(12)11-2-3-15(14(17)6-11)19-5-4-13(22)8-19/h2-3,6,12H,4-5,7-9H2,1H3,(H,18,21)/t12-/m0/s1. The molecular weight excluding hydrogens is 317 g/mol. The second-order valence-electron chi connectivity index (χ2n) is 5.88. The van der Waals surface area contributed by atoms with Crippen LogP contribution in [0, 0.1) is 5.82 Å². The van der Waals surface area contributed by atoms with E-state index in [0.717, 1.165) is 0 Å². The molecule has 2 fully saturated rings. The van der Waals surface area contributed by atoms with Gasteiger partial charge in [0.15, 0.2) is 5.78 Å². The third-order valence-electron chi connectivity index (χ3n) is 4.13. The Kier molecular flexibility index (Phi) is 4.37. The number of halogens is 1. The predicted molar refractivity (Wildman–Crippen MR) is 84.5 cm³/mol. The number of nitrogens with one attached hydrogen (secondary N) is 1. The Morgan fingerprint density at radius 1 is 1.42 bits per heavy atom. The van der Waals surface area contributed by atoms with Gasteiger partial charge in [-0.15, -0.1) is 0 Å². The quantitative estimate of drug-likeness (QED) is 0.890. The topological polar surface area (TPSA) is 79.0 Å². The van der Waals surface area contributed by atoms with E-state index >= 15 is 0 Å². The van der Waals surface area contributed by atoms with Crippen LogP contribution in [0.2, 0.25) is 0 Å². The SMILES string of the molecule is CC(=O)NC[C@H]1COC(=O)N1c1ccc(N2CCC(=O)C2)c(F)c1. The van der Waals surface area contributed by atoms with E-state index in [4.69, 9.17) is 4.74 Å². The molecule has 0 bridgehead atoms. The van der Waals surface area contributed by atoms with E-state index in [0.29, 0.717) is 24.3 Å². The van der Waals surface area contributed by atoms with Gasteiger partial charge in [0.25, 0.3) is 0 Å². The summed E-state index contributed by atoms with van der Waals surface area (Å²) in [7, 11) is 0. The van der Waals surface area contributed by atoms with Gasteiger partial charge in [0.05, 0.1) is 24.0 Å². The maximum atomic E-state index is 14.4. The maximum Gasteiger partial charge on any atom is 0.414 e. The van der Waals surface area contributed by atoms with E-state index in [-0.39, 0.29) is 37.4 Å². The third-order valence-corrected chi connectivity index (χ3v) is 4.13. The summed E-state index contributed by atoms with van der Waals surface area (Å²) in [5.74, 6) is -0.633. The molecule has 3 rings (SSSR count). The first-order valence-electron chi connectivity index (χ1n) is 7.72. The third kappa shape index (κ3) is 3.17. The number of amides is 2. The number of benzene rings is 1. The number of hydrogen-bond acceptors (Lipinski definition) is 5. The number of carbonyl (C=O) groups is 3. The summed E-state index contributed by atoms with van der Waals surface area (Å²) in [6.45, 7) is 2.43. The van der Waals surface area contributed by atoms with Gasteiger partial charge in [-0.1, -0.05) is 0 Å². The van der Waals surface area contributed by atoms with Gasteiger partial charge in [0.1, 0.15) is 12.4 Å². The first-order chi connectivity index (χ1) is 11.5. The molecule has 7 nitrogen and oxygen atoms in total. The molecule has 1 aromatic rings. The van der Waals surface area contributed by atoms with Gasteiger partial charge >= 0.3 is 6.09 Å². The van der Waals surface area contributed by atoms with E-state index in [1.54, 1.807) is 17.0 Å². The van der Waals surface area contributed by atoms with Crippen molar-refractivity contribution in [2.75, 3.05) is 36.0 Å². The highest BCUT2D eigenvalue weighted by molar-refractivity contribution is 5.91. The van der Waals surface area contributed by atoms with Crippen LogP contribution >= 0.6 is 0 Å². The summed E-state index contributed by atoms with van der Waals surface area (Å²) in [5.41, 5.74) is 0.704. The molecule has 2 amide bonds. The minimum atomic E-state index is -0.575. The number of cyclic esters (lactones) is 1. The Balaban J connectivity index is 1.80. The van der Waals surface area contributed by atoms with Gasteiger partial charge in [-0.05, 0) is 18.2 Å². The van der Waals surface area contributed by atoms with Crippen LogP contribution in [0.15, 0.2) is 18.2 Å². The molecule has 8 heteroatoms. The molecule has 0 spiro atoms. The maximum absolute atomic E-state index is 14.4. The highest BCUT2D eigenvalue weighted by Crippen LogP contribution is 2.29. The molecule has 24 heavy (non-hydrogen) atoms. The Morgan fingerprint density at radius 3 is 2.83 bits per heavy atom. The van der Waals surface area contributed by atoms with E-state index < -0.39 is 11.9 Å². The van der Waals surface area contributed by atoms with Crippen molar-refractivity contribution < 1.29 is 23.5 Å². The minimum absolute atomic E-state index is 0.0805. The predicted octanol–water partition coefficient (Wildman–Crippen LogP) is 1.07. The lowest BCUT2D eigenvalue weighted by Crippen LogP contribution is -2.42. The molecule has 1 atom stereocenters. The van der Waals surface area contributed by atoms with Crippen molar-refractivity contribution in [3.05, 3.63) is 24.0 Å². The summed E-state index contributed by atoms with van der Waals surface area (Å²) in [6, 6.07) is 4.05. The molecule has 128 valence electrons. The van der Waals surface area contributed by atoms with Crippen molar-refractivity contribution >= 4 is 29.2 Å². The molecule has 0 unspecified atom stereocenters. The Hall–Kier alpha value is -2.64. The van der Waals surface area contributed by atoms with E-state index in [1.165, 1.54) is 17.9 Å². The van der Waals surface area contributed by atoms with Crippen molar-refractivity contribution in [2.24, 2.45) is 0 Å². The fourth-order valence-corrected chi connectivity index (χ4v) is 2.93. The van der Waals surface area contributed by atoms with Crippen LogP contribution in [0.3, 0.4) is 0 Å². The molecular formula is C16H18FN3O4. The van der Waals surface area contributed by atoms with Gasteiger partial charge in [-0.3, -0.25) is 14.5 Å². The fraction of sp³-hybridized carbons (Fsp3) is 0.438. The first-order valence-corrected chi connectivity index (χ1v) is 7.72. The zero-order valence-corrected chi connectivity index (χ0v) is 13.3. The van der Waals surface area contributed by atoms with Crippen LogP contribution in [-0.2, 0) is 14.3 Å². The van der Waals surface area contributed by atoms with Gasteiger partial charge < -0.3 is 15.0 Å². The summed E-state index contributed by atoms with van der Waals surface area (Å²) in [5, 5.41) is 2.63. The summed E-state index contributed by atoms with van der Waals surface area (Å²) >= 11 is 0.